The number of nitrogens with zero attached hydrogens (tertiary/aromatic N) is 2. The molecule has 0 fully saturated rings. The van der Waals surface area contributed by atoms with Crippen LogP contribution in [-0.4, -0.2) is 45.2 Å². The first kappa shape index (κ1) is 37.1. The Labute approximate surface area is 253 Å². The SMILES string of the molecule is CC(=O)[O-].CC(=O)[O-].CC(=O)[O-].COc1ccc(O)c(-c2cccc(-c3cccc(-c4ccc(C)cc4O)n3)n2)c1.[Mn+3]. The van der Waals surface area contributed by atoms with E-state index in [9.17, 15) is 10.2 Å². The van der Waals surface area contributed by atoms with Crippen LogP contribution < -0.4 is 20.1 Å². The molecule has 42 heavy (non-hydrogen) atoms. The maximum Gasteiger partial charge on any atom is 3.00 e. The summed E-state index contributed by atoms with van der Waals surface area (Å²) in [5, 5.41) is 47.2. The predicted molar refractivity (Wildman–Crippen MR) is 145 cm³/mol. The maximum absolute atomic E-state index is 10.3. The molecule has 0 saturated carbocycles. The number of aliphatic carboxylic acids is 3. The van der Waals surface area contributed by atoms with E-state index in [1.807, 2.05) is 55.5 Å². The van der Waals surface area contributed by atoms with E-state index < -0.39 is 17.9 Å². The predicted octanol–water partition coefficient (Wildman–Crippen LogP) is 1.47. The van der Waals surface area contributed by atoms with Crippen molar-refractivity contribution in [3.63, 3.8) is 0 Å². The fraction of sp³-hybridized carbons (Fsp3) is 0.167. The molecule has 0 bridgehead atoms. The molecule has 4 aromatic rings. The number of aryl methyl sites for hydroxylation is 1. The monoisotopic (exact) mass is 616 g/mol. The van der Waals surface area contributed by atoms with Crippen LogP contribution in [-0.2, 0) is 31.5 Å². The molecule has 220 valence electrons. The zero-order valence-corrected chi connectivity index (χ0v) is 24.6. The van der Waals surface area contributed by atoms with E-state index in [1.54, 1.807) is 31.4 Å². The number of ether oxygens (including phenoxy) is 1. The average Bonchev–Trinajstić information content (AvgIpc) is 2.88. The summed E-state index contributed by atoms with van der Waals surface area (Å²) in [5.74, 6) is -2.29. The van der Waals surface area contributed by atoms with Gasteiger partial charge in [-0.05, 0) is 87.9 Å². The van der Waals surface area contributed by atoms with Crippen LogP contribution >= 0.6 is 0 Å². The Morgan fingerprint density at radius 3 is 1.50 bits per heavy atom. The van der Waals surface area contributed by atoms with Gasteiger partial charge in [0.25, 0.3) is 0 Å². The van der Waals surface area contributed by atoms with Crippen LogP contribution in [0.1, 0.15) is 26.3 Å². The molecule has 2 heterocycles. The summed E-state index contributed by atoms with van der Waals surface area (Å²) in [6.45, 7) is 4.84. The number of hydrogen-bond acceptors (Lipinski definition) is 11. The van der Waals surface area contributed by atoms with E-state index in [-0.39, 0.29) is 28.6 Å². The summed E-state index contributed by atoms with van der Waals surface area (Å²) in [4.78, 5) is 36.0. The molecule has 0 aliphatic rings. The van der Waals surface area contributed by atoms with Crippen molar-refractivity contribution in [2.24, 2.45) is 0 Å². The summed E-state index contributed by atoms with van der Waals surface area (Å²) < 4.78 is 5.26. The minimum atomic E-state index is -1.08. The Morgan fingerprint density at radius 2 is 1.07 bits per heavy atom. The van der Waals surface area contributed by atoms with Gasteiger partial charge in [0.2, 0.25) is 0 Å². The number of pyridine rings is 2. The molecule has 2 aromatic heterocycles. The normalized spacial score (nSPS) is 9.17. The largest absolute Gasteiger partial charge is 3.00 e. The molecule has 0 aliphatic carbocycles. The number of phenolic OH excluding ortho intramolecular Hbond substituents is 2. The van der Waals surface area contributed by atoms with Gasteiger partial charge in [-0.25, -0.2) is 9.97 Å². The number of carbonyl (C=O) groups is 3. The molecule has 0 saturated heterocycles. The quantitative estimate of drug-likeness (QED) is 0.315. The van der Waals surface area contributed by atoms with Crippen LogP contribution in [0.5, 0.6) is 17.2 Å². The Balaban J connectivity index is 0.00000111. The zero-order chi connectivity index (χ0) is 31.1. The van der Waals surface area contributed by atoms with Gasteiger partial charge >= 0.3 is 17.1 Å². The topological polar surface area (TPSA) is 196 Å². The van der Waals surface area contributed by atoms with Gasteiger partial charge < -0.3 is 44.7 Å². The smallest absolute Gasteiger partial charge is 0.550 e. The fourth-order valence-electron chi connectivity index (χ4n) is 3.16. The van der Waals surface area contributed by atoms with Crippen LogP contribution in [0.2, 0.25) is 0 Å². The van der Waals surface area contributed by atoms with E-state index in [1.165, 1.54) is 0 Å². The van der Waals surface area contributed by atoms with E-state index in [4.69, 9.17) is 34.4 Å². The summed E-state index contributed by atoms with van der Waals surface area (Å²) in [6, 6.07) is 21.7. The number of carboxylic acid groups (broad SMARTS) is 3. The summed E-state index contributed by atoms with van der Waals surface area (Å²) in [7, 11) is 1.58. The molecule has 12 heteroatoms. The minimum absolute atomic E-state index is 0. The van der Waals surface area contributed by atoms with Crippen LogP contribution in [0, 0.1) is 6.92 Å². The van der Waals surface area contributed by atoms with Crippen molar-refractivity contribution >= 4 is 17.9 Å². The van der Waals surface area contributed by atoms with Crippen molar-refractivity contribution in [1.82, 2.24) is 9.97 Å². The van der Waals surface area contributed by atoms with E-state index in [0.717, 1.165) is 26.3 Å². The number of benzene rings is 2. The van der Waals surface area contributed by atoms with Crippen LogP contribution in [0.4, 0.5) is 0 Å². The molecule has 2 aromatic carbocycles. The molecule has 0 unspecified atom stereocenters. The second-order valence-corrected chi connectivity index (χ2v) is 8.19. The number of aromatic nitrogens is 2. The minimum Gasteiger partial charge on any atom is -0.550 e. The average molecular weight is 617 g/mol. The first-order valence-electron chi connectivity index (χ1n) is 11.9. The van der Waals surface area contributed by atoms with Crippen molar-refractivity contribution in [3.05, 3.63) is 78.4 Å². The van der Waals surface area contributed by atoms with E-state index in [0.29, 0.717) is 39.7 Å². The number of aromatic hydroxyl groups is 2. The molecule has 0 amide bonds. The van der Waals surface area contributed by atoms with Gasteiger partial charge in [-0.2, -0.15) is 0 Å². The molecule has 0 radical (unpaired) electrons. The molecule has 11 nitrogen and oxygen atoms in total. The summed E-state index contributed by atoms with van der Waals surface area (Å²) in [5.41, 5.74) is 4.85. The Bertz CT molecular complexity index is 1450. The Kier molecular flexibility index (Phi) is 16.3. The zero-order valence-electron chi connectivity index (χ0n) is 23.5. The van der Waals surface area contributed by atoms with Crippen molar-refractivity contribution in [1.29, 1.82) is 0 Å². The maximum atomic E-state index is 10.3. The number of phenols is 2. The van der Waals surface area contributed by atoms with Gasteiger partial charge in [0.15, 0.2) is 0 Å². The van der Waals surface area contributed by atoms with Crippen LogP contribution in [0.15, 0.2) is 72.8 Å². The number of methoxy groups -OCH3 is 1. The van der Waals surface area contributed by atoms with Crippen molar-refractivity contribution in [2.45, 2.75) is 27.7 Å². The Hall–Kier alpha value is -4.93. The molecule has 4 rings (SSSR count). The van der Waals surface area contributed by atoms with Crippen LogP contribution in [0.3, 0.4) is 0 Å². The number of hydrogen-bond donors (Lipinski definition) is 2. The van der Waals surface area contributed by atoms with Gasteiger partial charge in [-0.1, -0.05) is 18.2 Å². The van der Waals surface area contributed by atoms with E-state index >= 15 is 0 Å². The second kappa shape index (κ2) is 18.4. The van der Waals surface area contributed by atoms with Gasteiger partial charge in [-0.15, -0.1) is 0 Å². The van der Waals surface area contributed by atoms with Crippen molar-refractivity contribution in [3.8, 4) is 51.2 Å². The molecule has 0 atom stereocenters. The van der Waals surface area contributed by atoms with E-state index in [2.05, 4.69) is 9.97 Å². The van der Waals surface area contributed by atoms with Gasteiger partial charge in [0.1, 0.15) is 17.2 Å². The number of rotatable bonds is 4. The standard InChI is InChI=1S/C24H20N2O3.3C2H4O2.Mn/c1-15-9-11-17(24(28)13-15)19-5-3-7-21(25-19)22-8-4-6-20(26-22)18-14-16(29-2)10-12-23(18)27;3*1-2(3)4;/h3-14,27-28H,1-2H3;3*1H3,(H,3,4);/q;;;;+3/p-3. The first-order chi connectivity index (χ1) is 19.2. The third-order valence-electron chi connectivity index (χ3n) is 4.67. The first-order valence-corrected chi connectivity index (χ1v) is 11.9. The van der Waals surface area contributed by atoms with Crippen molar-refractivity contribution < 1.29 is 61.7 Å². The van der Waals surface area contributed by atoms with Gasteiger partial charge in [0.05, 0.1) is 29.9 Å². The third kappa shape index (κ3) is 13.4. The fourth-order valence-corrected chi connectivity index (χ4v) is 3.16. The number of carboxylic acids is 3. The summed E-state index contributed by atoms with van der Waals surface area (Å²) >= 11 is 0. The molecule has 0 spiro atoms. The van der Waals surface area contributed by atoms with Crippen molar-refractivity contribution in [2.75, 3.05) is 7.11 Å². The third-order valence-corrected chi connectivity index (χ3v) is 4.67. The molecular formula is C30H29MnN2O9. The number of carbonyl (C=O) groups excluding carboxylic acids is 3. The molecular weight excluding hydrogens is 587 g/mol. The Morgan fingerprint density at radius 1 is 0.643 bits per heavy atom. The van der Waals surface area contributed by atoms with Crippen LogP contribution in [0.25, 0.3) is 33.9 Å². The molecule has 2 N–H and O–H groups in total. The van der Waals surface area contributed by atoms with Gasteiger partial charge in [-0.3, -0.25) is 0 Å². The second-order valence-electron chi connectivity index (χ2n) is 8.19. The van der Waals surface area contributed by atoms with Gasteiger partial charge in [0, 0.05) is 29.0 Å². The summed E-state index contributed by atoms with van der Waals surface area (Å²) in [6.07, 6.45) is 0. The molecule has 0 aliphatic heterocycles.